The summed E-state index contributed by atoms with van der Waals surface area (Å²) in [5, 5.41) is 4.98. The van der Waals surface area contributed by atoms with Crippen LogP contribution in [0.1, 0.15) is 52.2 Å². The van der Waals surface area contributed by atoms with Crippen LogP contribution in [0.25, 0.3) is 0 Å². The van der Waals surface area contributed by atoms with Crippen molar-refractivity contribution in [3.8, 4) is 0 Å². The lowest BCUT2D eigenvalue weighted by atomic mass is 10.0. The Kier molecular flexibility index (Phi) is 8.97. The van der Waals surface area contributed by atoms with Crippen LogP contribution in [0.2, 0.25) is 0 Å². The summed E-state index contributed by atoms with van der Waals surface area (Å²) in [4.78, 5) is 75.8. The number of imide groups is 1. The molecule has 1 aromatic carbocycles. The van der Waals surface area contributed by atoms with Gasteiger partial charge in [0.2, 0.25) is 17.7 Å². The zero-order valence-electron chi connectivity index (χ0n) is 22.2. The van der Waals surface area contributed by atoms with Gasteiger partial charge in [0.25, 0.3) is 5.91 Å². The number of likely N-dealkylation sites (N-methyl/N-ethyl adjacent to an activating group) is 1. The fraction of sp³-hybridized carbons (Fsp3) is 0.444. The van der Waals surface area contributed by atoms with Crippen LogP contribution in [0.4, 0.5) is 11.5 Å². The summed E-state index contributed by atoms with van der Waals surface area (Å²) in [5.41, 5.74) is 0.365. The van der Waals surface area contributed by atoms with Gasteiger partial charge >= 0.3 is 0 Å². The van der Waals surface area contributed by atoms with Crippen LogP contribution in [-0.2, 0) is 14.4 Å². The second-order valence-corrected chi connectivity index (χ2v) is 9.71. The number of piperazine rings is 1. The number of nitrogens with zero attached hydrogens (tertiary/aromatic N) is 5. The van der Waals surface area contributed by atoms with Crippen molar-refractivity contribution < 1.29 is 24.0 Å². The van der Waals surface area contributed by atoms with Crippen molar-refractivity contribution in [3.63, 3.8) is 0 Å². The maximum Gasteiger partial charge on any atom is 0.255 e. The fourth-order valence-corrected chi connectivity index (χ4v) is 4.87. The number of aldehydes is 1. The molecule has 2 aliphatic rings. The summed E-state index contributed by atoms with van der Waals surface area (Å²) in [7, 11) is 1.45. The zero-order valence-corrected chi connectivity index (χ0v) is 22.2. The first-order valence-electron chi connectivity index (χ1n) is 13.0. The predicted octanol–water partition coefficient (Wildman–Crippen LogP) is 1.02. The van der Waals surface area contributed by atoms with Crippen molar-refractivity contribution in [2.45, 2.75) is 38.6 Å². The number of benzene rings is 1. The van der Waals surface area contributed by atoms with Crippen molar-refractivity contribution in [2.24, 2.45) is 0 Å². The first-order chi connectivity index (χ1) is 18.8. The Bertz CT molecular complexity index is 1260. The van der Waals surface area contributed by atoms with Crippen molar-refractivity contribution in [3.05, 3.63) is 47.4 Å². The van der Waals surface area contributed by atoms with Crippen LogP contribution in [0.5, 0.6) is 0 Å². The van der Waals surface area contributed by atoms with Gasteiger partial charge in [-0.15, -0.1) is 0 Å². The maximum atomic E-state index is 13.1. The fourth-order valence-electron chi connectivity index (χ4n) is 4.87. The number of piperidine rings is 1. The molecule has 0 spiro atoms. The Morgan fingerprint density at radius 2 is 1.95 bits per heavy atom. The Morgan fingerprint density at radius 1 is 1.18 bits per heavy atom. The van der Waals surface area contributed by atoms with E-state index in [1.165, 1.54) is 18.0 Å². The minimum atomic E-state index is -0.820. The van der Waals surface area contributed by atoms with Crippen molar-refractivity contribution in [1.29, 1.82) is 0 Å². The summed E-state index contributed by atoms with van der Waals surface area (Å²) in [6.45, 7) is 6.06. The average Bonchev–Trinajstić information content (AvgIpc) is 2.92. The maximum absolute atomic E-state index is 13.1. The van der Waals surface area contributed by atoms with E-state index in [-0.39, 0.29) is 47.9 Å². The van der Waals surface area contributed by atoms with Crippen LogP contribution in [0.15, 0.2) is 30.5 Å². The third kappa shape index (κ3) is 6.82. The largest absolute Gasteiger partial charge is 0.354 e. The minimum Gasteiger partial charge on any atom is -0.354 e. The highest BCUT2D eigenvalue weighted by Crippen LogP contribution is 2.22. The van der Waals surface area contributed by atoms with Gasteiger partial charge in [-0.2, -0.15) is 0 Å². The molecule has 0 radical (unpaired) electrons. The smallest absolute Gasteiger partial charge is 0.255 e. The van der Waals surface area contributed by atoms with Gasteiger partial charge in [0, 0.05) is 52.3 Å². The SMILES string of the molecule is Cc1nccc(N2CCN(CCCC(=O)Nc3cccc(C(=O)N(C)C4CCC(=O)NC4=O)c3C=O)CC2)n1. The molecule has 1 atom stereocenters. The average molecular weight is 536 g/mol. The molecule has 12 heteroatoms. The van der Waals surface area contributed by atoms with Gasteiger partial charge in [-0.3, -0.25) is 34.2 Å². The molecule has 4 amide bonds. The Morgan fingerprint density at radius 3 is 2.64 bits per heavy atom. The van der Waals surface area contributed by atoms with Crippen molar-refractivity contribution in [2.75, 3.05) is 50.0 Å². The highest BCUT2D eigenvalue weighted by Gasteiger charge is 2.33. The van der Waals surface area contributed by atoms with Gasteiger partial charge in [-0.05, 0) is 44.5 Å². The normalized spacial score (nSPS) is 17.9. The van der Waals surface area contributed by atoms with Gasteiger partial charge in [0.05, 0.1) is 16.8 Å². The molecule has 39 heavy (non-hydrogen) atoms. The molecule has 1 aromatic heterocycles. The van der Waals surface area contributed by atoms with Crippen LogP contribution in [0, 0.1) is 6.92 Å². The molecule has 3 heterocycles. The third-order valence-electron chi connectivity index (χ3n) is 7.06. The summed E-state index contributed by atoms with van der Waals surface area (Å²) in [5.74, 6) is -0.0542. The predicted molar refractivity (Wildman–Crippen MR) is 143 cm³/mol. The van der Waals surface area contributed by atoms with E-state index in [1.807, 2.05) is 13.0 Å². The molecule has 2 fully saturated rings. The van der Waals surface area contributed by atoms with Crippen LogP contribution in [0.3, 0.4) is 0 Å². The molecular formula is C27H33N7O5. The zero-order chi connectivity index (χ0) is 27.9. The van der Waals surface area contributed by atoms with E-state index in [0.717, 1.165) is 44.4 Å². The van der Waals surface area contributed by atoms with Gasteiger partial charge in [-0.25, -0.2) is 9.97 Å². The minimum absolute atomic E-state index is 0.0473. The summed E-state index contributed by atoms with van der Waals surface area (Å²) in [6.07, 6.45) is 3.53. The Balaban J connectivity index is 1.28. The molecule has 206 valence electrons. The number of aryl methyl sites for hydroxylation is 1. The Hall–Kier alpha value is -4.19. The molecule has 1 unspecified atom stereocenters. The van der Waals surface area contributed by atoms with Crippen LogP contribution >= 0.6 is 0 Å². The monoisotopic (exact) mass is 535 g/mol. The van der Waals surface area contributed by atoms with Gasteiger partial charge in [0.1, 0.15) is 17.7 Å². The highest BCUT2D eigenvalue weighted by atomic mass is 16.2. The first-order valence-corrected chi connectivity index (χ1v) is 13.0. The molecule has 4 rings (SSSR count). The number of rotatable bonds is 9. The lowest BCUT2D eigenvalue weighted by Crippen LogP contribution is -2.53. The molecule has 2 saturated heterocycles. The molecule has 2 aliphatic heterocycles. The van der Waals surface area contributed by atoms with E-state index < -0.39 is 17.9 Å². The molecule has 2 aromatic rings. The topological polar surface area (TPSA) is 145 Å². The van der Waals surface area contributed by atoms with Gasteiger partial charge < -0.3 is 15.1 Å². The van der Waals surface area contributed by atoms with Gasteiger partial charge in [0.15, 0.2) is 6.29 Å². The van der Waals surface area contributed by atoms with E-state index in [0.29, 0.717) is 12.7 Å². The second kappa shape index (κ2) is 12.6. The Labute approximate surface area is 226 Å². The molecule has 12 nitrogen and oxygen atoms in total. The molecule has 0 aliphatic carbocycles. The number of hydrogen-bond acceptors (Lipinski definition) is 9. The lowest BCUT2D eigenvalue weighted by molar-refractivity contribution is -0.136. The summed E-state index contributed by atoms with van der Waals surface area (Å²) < 4.78 is 0. The number of amides is 4. The number of hydrogen-bond donors (Lipinski definition) is 2. The van der Waals surface area contributed by atoms with E-state index in [9.17, 15) is 24.0 Å². The second-order valence-electron chi connectivity index (χ2n) is 9.71. The molecule has 0 bridgehead atoms. The lowest BCUT2D eigenvalue weighted by Gasteiger charge is -2.35. The van der Waals surface area contributed by atoms with Crippen LogP contribution < -0.4 is 15.5 Å². The van der Waals surface area contributed by atoms with E-state index in [4.69, 9.17) is 0 Å². The number of aromatic nitrogens is 2. The quantitative estimate of drug-likeness (QED) is 0.355. The molecule has 0 saturated carbocycles. The summed E-state index contributed by atoms with van der Waals surface area (Å²) in [6, 6.07) is 5.72. The third-order valence-corrected chi connectivity index (χ3v) is 7.06. The number of carbonyl (C=O) groups excluding carboxylic acids is 5. The summed E-state index contributed by atoms with van der Waals surface area (Å²) >= 11 is 0. The number of anilines is 2. The van der Waals surface area contributed by atoms with E-state index >= 15 is 0 Å². The van der Waals surface area contributed by atoms with E-state index in [1.54, 1.807) is 18.3 Å². The van der Waals surface area contributed by atoms with E-state index in [2.05, 4.69) is 30.4 Å². The standard InChI is InChI=1S/C27H33N7O5/c1-18-28-11-10-23(29-18)34-15-13-33(14-16-34)12-4-7-24(36)30-21-6-3-5-19(20(21)17-35)27(39)32(2)22-8-9-25(37)31-26(22)38/h3,5-6,10-11,17,22H,4,7-9,12-16H2,1-2H3,(H,30,36)(H,31,37,38). The molecule has 2 N–H and O–H groups in total. The van der Waals surface area contributed by atoms with Crippen molar-refractivity contribution >= 4 is 41.4 Å². The molecular weight excluding hydrogens is 502 g/mol. The van der Waals surface area contributed by atoms with Crippen molar-refractivity contribution in [1.82, 2.24) is 25.1 Å². The van der Waals surface area contributed by atoms with Crippen LogP contribution in [-0.4, -0.2) is 95.5 Å². The highest BCUT2D eigenvalue weighted by molar-refractivity contribution is 6.08. The van der Waals surface area contributed by atoms with Gasteiger partial charge in [-0.1, -0.05) is 6.07 Å². The first kappa shape index (κ1) is 27.8. The number of carbonyl (C=O) groups is 5. The number of nitrogens with one attached hydrogen (secondary N) is 2.